The molecule has 0 radical (unpaired) electrons. The highest BCUT2D eigenvalue weighted by Crippen LogP contribution is 2.37. The van der Waals surface area contributed by atoms with Crippen LogP contribution in [0.5, 0.6) is 0 Å². The van der Waals surface area contributed by atoms with Gasteiger partial charge in [-0.1, -0.05) is 172 Å². The van der Waals surface area contributed by atoms with Crippen molar-refractivity contribution in [2.45, 2.75) is 63.9 Å². The first-order valence-corrected chi connectivity index (χ1v) is 18.6. The summed E-state index contributed by atoms with van der Waals surface area (Å²) in [5.74, 6) is 0. The molecule has 0 aromatic heterocycles. The zero-order valence-corrected chi connectivity index (χ0v) is 29.3. The summed E-state index contributed by atoms with van der Waals surface area (Å²) >= 11 is 0. The number of ether oxygens (including phenoxy) is 3. The van der Waals surface area contributed by atoms with Gasteiger partial charge in [-0.2, -0.15) is 0 Å². The largest absolute Gasteiger partial charge is 0.405 e. The van der Waals surface area contributed by atoms with E-state index in [0.717, 1.165) is 16.7 Å². The van der Waals surface area contributed by atoms with E-state index in [9.17, 15) is 5.11 Å². The minimum Gasteiger partial charge on any atom is -0.405 e. The van der Waals surface area contributed by atoms with E-state index < -0.39 is 26.6 Å². The van der Waals surface area contributed by atoms with Crippen molar-refractivity contribution in [3.63, 3.8) is 0 Å². The quantitative estimate of drug-likeness (QED) is 0.106. The molecule has 5 rings (SSSR count). The van der Waals surface area contributed by atoms with Crippen LogP contribution in [0.1, 0.15) is 37.5 Å². The third-order valence-corrected chi connectivity index (χ3v) is 13.7. The molecule has 0 aliphatic rings. The van der Waals surface area contributed by atoms with Crippen molar-refractivity contribution in [1.82, 2.24) is 0 Å². The zero-order chi connectivity index (χ0) is 33.7. The highest BCUT2D eigenvalue weighted by atomic mass is 28.4. The van der Waals surface area contributed by atoms with E-state index in [1.807, 2.05) is 91.0 Å². The Hall–Kier alpha value is -3.88. The van der Waals surface area contributed by atoms with Gasteiger partial charge in [0, 0.05) is 0 Å². The van der Waals surface area contributed by atoms with Gasteiger partial charge in [-0.15, -0.1) is 0 Å². The molecule has 0 saturated heterocycles. The standard InChI is InChI=1S/C42H48O5Si/c1-42(2,3)48(37-25-15-7-16-26-37,38-27-17-8-18-28-38)47-33-40(45-31-35-21-11-5-12-22-35)41(46-32-36-23-13-6-14-24-36)39(29-43)44-30-34-19-9-4-10-20-34/h4-28,39-41,43H,29-33H2,1-3H3/t39-,40+,41-/m1/s1. The first kappa shape index (κ1) is 35.4. The molecule has 0 saturated carbocycles. The molecule has 0 fully saturated rings. The van der Waals surface area contributed by atoms with Gasteiger partial charge < -0.3 is 23.7 Å². The van der Waals surface area contributed by atoms with Crippen molar-refractivity contribution < 1.29 is 23.7 Å². The summed E-state index contributed by atoms with van der Waals surface area (Å²) in [6.07, 6.45) is -1.87. The van der Waals surface area contributed by atoms with Crippen LogP contribution in [0.25, 0.3) is 0 Å². The number of aliphatic hydroxyl groups excluding tert-OH is 1. The van der Waals surface area contributed by atoms with Crippen LogP contribution < -0.4 is 10.4 Å². The van der Waals surface area contributed by atoms with Gasteiger partial charge in [0.15, 0.2) is 0 Å². The van der Waals surface area contributed by atoms with Crippen molar-refractivity contribution in [1.29, 1.82) is 0 Å². The van der Waals surface area contributed by atoms with Crippen LogP contribution >= 0.6 is 0 Å². The zero-order valence-electron chi connectivity index (χ0n) is 28.3. The first-order chi connectivity index (χ1) is 23.4. The van der Waals surface area contributed by atoms with E-state index in [-0.39, 0.29) is 18.3 Å². The minimum absolute atomic E-state index is 0.222. The van der Waals surface area contributed by atoms with Crippen LogP contribution in [0.3, 0.4) is 0 Å². The SMILES string of the molecule is CC(C)(C)[Si](OC[C@H](OCc1ccccc1)[C@H](OCc1ccccc1)[C@@H](CO)OCc1ccccc1)(c1ccccc1)c1ccccc1. The maximum atomic E-state index is 10.8. The van der Waals surface area contributed by atoms with E-state index >= 15 is 0 Å². The van der Waals surface area contributed by atoms with Crippen LogP contribution in [0, 0.1) is 0 Å². The highest BCUT2D eigenvalue weighted by molar-refractivity contribution is 6.99. The van der Waals surface area contributed by atoms with Crippen LogP contribution in [0.15, 0.2) is 152 Å². The third-order valence-electron chi connectivity index (χ3n) is 8.69. The molecule has 0 spiro atoms. The van der Waals surface area contributed by atoms with E-state index in [1.54, 1.807) is 0 Å². The molecule has 5 aromatic rings. The topological polar surface area (TPSA) is 57.2 Å². The summed E-state index contributed by atoms with van der Waals surface area (Å²) in [4.78, 5) is 0. The van der Waals surface area contributed by atoms with Crippen LogP contribution in [-0.2, 0) is 38.5 Å². The molecule has 5 nitrogen and oxygen atoms in total. The van der Waals surface area contributed by atoms with Crippen molar-refractivity contribution in [2.24, 2.45) is 0 Å². The Bertz CT molecular complexity index is 1560. The lowest BCUT2D eigenvalue weighted by Gasteiger charge is -2.44. The number of rotatable bonds is 17. The summed E-state index contributed by atoms with van der Waals surface area (Å²) in [6, 6.07) is 51.4. The molecule has 6 heteroatoms. The lowest BCUT2D eigenvalue weighted by Crippen LogP contribution is -2.67. The van der Waals surface area contributed by atoms with E-state index in [1.165, 1.54) is 10.4 Å². The predicted octanol–water partition coefficient (Wildman–Crippen LogP) is 7.31. The molecule has 48 heavy (non-hydrogen) atoms. The Morgan fingerprint density at radius 1 is 0.500 bits per heavy atom. The highest BCUT2D eigenvalue weighted by Gasteiger charge is 2.51. The Labute approximate surface area is 287 Å². The Balaban J connectivity index is 1.53. The van der Waals surface area contributed by atoms with Gasteiger partial charge in [0.25, 0.3) is 8.32 Å². The Morgan fingerprint density at radius 2 is 0.854 bits per heavy atom. The van der Waals surface area contributed by atoms with Gasteiger partial charge in [-0.25, -0.2) is 0 Å². The average molecular weight is 661 g/mol. The molecular weight excluding hydrogens is 613 g/mol. The second-order valence-electron chi connectivity index (χ2n) is 13.1. The average Bonchev–Trinajstić information content (AvgIpc) is 3.13. The maximum Gasteiger partial charge on any atom is 0.261 e. The van der Waals surface area contributed by atoms with Gasteiger partial charge in [0.2, 0.25) is 0 Å². The molecule has 250 valence electrons. The second-order valence-corrected chi connectivity index (χ2v) is 17.4. The number of hydrogen-bond acceptors (Lipinski definition) is 5. The van der Waals surface area contributed by atoms with Gasteiger partial charge in [-0.05, 0) is 32.1 Å². The Morgan fingerprint density at radius 3 is 1.23 bits per heavy atom. The molecule has 1 N–H and O–H groups in total. The molecule has 3 atom stereocenters. The van der Waals surface area contributed by atoms with Gasteiger partial charge in [0.1, 0.15) is 18.3 Å². The number of hydrogen-bond donors (Lipinski definition) is 1. The van der Waals surface area contributed by atoms with Crippen LogP contribution in [0.4, 0.5) is 0 Å². The molecule has 0 amide bonds. The fourth-order valence-electron chi connectivity index (χ4n) is 6.23. The lowest BCUT2D eigenvalue weighted by molar-refractivity contribution is -0.169. The minimum atomic E-state index is -2.91. The van der Waals surface area contributed by atoms with E-state index in [2.05, 4.69) is 81.4 Å². The Kier molecular flexibility index (Phi) is 12.9. The molecule has 0 heterocycles. The first-order valence-electron chi connectivity index (χ1n) is 16.7. The van der Waals surface area contributed by atoms with Gasteiger partial charge >= 0.3 is 0 Å². The van der Waals surface area contributed by atoms with Crippen molar-refractivity contribution >= 4 is 18.7 Å². The summed E-state index contributed by atoms with van der Waals surface area (Å²) in [5, 5.41) is 13.0. The third kappa shape index (κ3) is 9.17. The molecule has 0 aliphatic heterocycles. The molecule has 5 aromatic carbocycles. The summed E-state index contributed by atoms with van der Waals surface area (Å²) in [5.41, 5.74) is 3.08. The number of aliphatic hydroxyl groups is 1. The lowest BCUT2D eigenvalue weighted by atomic mass is 10.1. The normalized spacial score (nSPS) is 13.9. The molecular formula is C42H48O5Si. The monoisotopic (exact) mass is 660 g/mol. The van der Waals surface area contributed by atoms with Crippen molar-refractivity contribution in [3.8, 4) is 0 Å². The fourth-order valence-corrected chi connectivity index (χ4v) is 10.8. The van der Waals surface area contributed by atoms with Gasteiger partial charge in [-0.3, -0.25) is 0 Å². The van der Waals surface area contributed by atoms with Crippen LogP contribution in [0.2, 0.25) is 5.04 Å². The van der Waals surface area contributed by atoms with Crippen molar-refractivity contribution in [2.75, 3.05) is 13.2 Å². The second kappa shape index (κ2) is 17.5. The number of benzene rings is 5. The van der Waals surface area contributed by atoms with Crippen LogP contribution in [-0.4, -0.2) is 44.9 Å². The van der Waals surface area contributed by atoms with Gasteiger partial charge in [0.05, 0.1) is 33.0 Å². The predicted molar refractivity (Wildman–Crippen MR) is 196 cm³/mol. The molecule has 0 unspecified atom stereocenters. The summed E-state index contributed by atoms with van der Waals surface area (Å²) in [7, 11) is -2.91. The van der Waals surface area contributed by atoms with Crippen molar-refractivity contribution in [3.05, 3.63) is 168 Å². The van der Waals surface area contributed by atoms with E-state index in [0.29, 0.717) is 19.8 Å². The maximum absolute atomic E-state index is 10.8. The molecule has 0 bridgehead atoms. The summed E-state index contributed by atoms with van der Waals surface area (Å²) < 4.78 is 27.3. The van der Waals surface area contributed by atoms with E-state index in [4.69, 9.17) is 18.6 Å². The fraction of sp³-hybridized carbons (Fsp3) is 0.286. The summed E-state index contributed by atoms with van der Waals surface area (Å²) in [6.45, 7) is 7.82. The smallest absolute Gasteiger partial charge is 0.261 e. The molecule has 0 aliphatic carbocycles.